The lowest BCUT2D eigenvalue weighted by Crippen LogP contribution is -2.35. The quantitative estimate of drug-likeness (QED) is 0.340. The molecule has 3 unspecified atom stereocenters. The summed E-state index contributed by atoms with van der Waals surface area (Å²) in [6.45, 7) is 3.12. The Hall–Kier alpha value is -1.32. The first-order valence-electron chi connectivity index (χ1n) is 10.2. The highest BCUT2D eigenvalue weighted by atomic mass is 16.5. The average Bonchev–Trinajstić information content (AvgIpc) is 2.66. The van der Waals surface area contributed by atoms with Crippen LogP contribution in [0.25, 0.3) is 0 Å². The lowest BCUT2D eigenvalue weighted by molar-refractivity contribution is -0.163. The Bertz CT molecular complexity index is 443. The fourth-order valence-corrected chi connectivity index (χ4v) is 3.82. The van der Waals surface area contributed by atoms with Gasteiger partial charge in [-0.15, -0.1) is 0 Å². The number of unbranched alkanes of at least 4 members (excludes halogenated alkanes) is 3. The summed E-state index contributed by atoms with van der Waals surface area (Å²) in [5.74, 6) is -0.572. The molecule has 1 fully saturated rings. The Morgan fingerprint density at radius 2 is 1.64 bits per heavy atom. The SMILES string of the molecule is CCCCCCOC(=O)C1CCCCC1C(=O)OCC1CC=CCC1. The Morgan fingerprint density at radius 1 is 0.920 bits per heavy atom. The van der Waals surface area contributed by atoms with Crippen LogP contribution in [-0.2, 0) is 19.1 Å². The minimum Gasteiger partial charge on any atom is -0.465 e. The van der Waals surface area contributed by atoms with E-state index in [1.54, 1.807) is 0 Å². The van der Waals surface area contributed by atoms with Crippen molar-refractivity contribution < 1.29 is 19.1 Å². The number of esters is 2. The van der Waals surface area contributed by atoms with E-state index in [9.17, 15) is 9.59 Å². The van der Waals surface area contributed by atoms with Crippen LogP contribution < -0.4 is 0 Å². The fraction of sp³-hybridized carbons (Fsp3) is 0.810. The maximum atomic E-state index is 12.5. The third kappa shape index (κ3) is 6.83. The molecule has 0 amide bonds. The van der Waals surface area contributed by atoms with Crippen LogP contribution in [-0.4, -0.2) is 25.2 Å². The second kappa shape index (κ2) is 11.3. The molecular weight excluding hydrogens is 316 g/mol. The van der Waals surface area contributed by atoms with Gasteiger partial charge in [0, 0.05) is 0 Å². The highest BCUT2D eigenvalue weighted by Crippen LogP contribution is 2.32. The van der Waals surface area contributed by atoms with E-state index >= 15 is 0 Å². The molecule has 0 aromatic rings. The van der Waals surface area contributed by atoms with Crippen LogP contribution in [0.5, 0.6) is 0 Å². The van der Waals surface area contributed by atoms with E-state index in [1.807, 2.05) is 0 Å². The van der Waals surface area contributed by atoms with Gasteiger partial charge in [-0.25, -0.2) is 0 Å². The van der Waals surface area contributed by atoms with Crippen LogP contribution in [0.1, 0.15) is 77.6 Å². The van der Waals surface area contributed by atoms with Crippen molar-refractivity contribution in [3.63, 3.8) is 0 Å². The van der Waals surface area contributed by atoms with Gasteiger partial charge >= 0.3 is 11.9 Å². The molecule has 2 rings (SSSR count). The Labute approximate surface area is 152 Å². The number of ether oxygens (including phenoxy) is 2. The van der Waals surface area contributed by atoms with Gasteiger partial charge < -0.3 is 9.47 Å². The summed E-state index contributed by atoms with van der Waals surface area (Å²) < 4.78 is 11.0. The van der Waals surface area contributed by atoms with Crippen LogP contribution in [0.15, 0.2) is 12.2 Å². The normalized spacial score (nSPS) is 26.2. The van der Waals surface area contributed by atoms with Crippen molar-refractivity contribution in [3.05, 3.63) is 12.2 Å². The third-order valence-electron chi connectivity index (χ3n) is 5.45. The average molecular weight is 350 g/mol. The second-order valence-corrected chi connectivity index (χ2v) is 7.51. The minimum atomic E-state index is -0.309. The zero-order valence-corrected chi connectivity index (χ0v) is 15.7. The van der Waals surface area contributed by atoms with Gasteiger partial charge in [0.25, 0.3) is 0 Å². The number of hydrogen-bond acceptors (Lipinski definition) is 4. The number of carbonyl (C=O) groups is 2. The molecule has 0 radical (unpaired) electrons. The van der Waals surface area contributed by atoms with Crippen molar-refractivity contribution in [1.29, 1.82) is 0 Å². The van der Waals surface area contributed by atoms with Gasteiger partial charge in [0.2, 0.25) is 0 Å². The summed E-state index contributed by atoms with van der Waals surface area (Å²) in [4.78, 5) is 24.9. The molecule has 142 valence electrons. The van der Waals surface area contributed by atoms with E-state index in [1.165, 1.54) is 12.8 Å². The maximum Gasteiger partial charge on any atom is 0.309 e. The molecule has 0 heterocycles. The van der Waals surface area contributed by atoms with Crippen molar-refractivity contribution in [3.8, 4) is 0 Å². The highest BCUT2D eigenvalue weighted by molar-refractivity contribution is 5.82. The van der Waals surface area contributed by atoms with Crippen molar-refractivity contribution in [1.82, 2.24) is 0 Å². The molecule has 2 aliphatic carbocycles. The Morgan fingerprint density at radius 3 is 2.28 bits per heavy atom. The summed E-state index contributed by atoms with van der Waals surface area (Å²) in [6.07, 6.45) is 15.3. The smallest absolute Gasteiger partial charge is 0.309 e. The van der Waals surface area contributed by atoms with Crippen molar-refractivity contribution >= 4 is 11.9 Å². The topological polar surface area (TPSA) is 52.6 Å². The molecule has 0 aliphatic heterocycles. The van der Waals surface area contributed by atoms with Crippen molar-refractivity contribution in [2.24, 2.45) is 17.8 Å². The van der Waals surface area contributed by atoms with Crippen LogP contribution in [0.2, 0.25) is 0 Å². The molecule has 0 bridgehead atoms. The highest BCUT2D eigenvalue weighted by Gasteiger charge is 2.38. The molecule has 4 heteroatoms. The molecule has 3 atom stereocenters. The number of carbonyl (C=O) groups excluding carboxylic acids is 2. The maximum absolute atomic E-state index is 12.5. The summed E-state index contributed by atoms with van der Waals surface area (Å²) in [7, 11) is 0. The monoisotopic (exact) mass is 350 g/mol. The first-order chi connectivity index (χ1) is 12.2. The van der Waals surface area contributed by atoms with Gasteiger partial charge in [0.1, 0.15) is 0 Å². The van der Waals surface area contributed by atoms with Gasteiger partial charge in [0.15, 0.2) is 0 Å². The standard InChI is InChI=1S/C21H34O4/c1-2-3-4-10-15-24-20(22)18-13-8-9-14-19(18)21(23)25-16-17-11-6-5-7-12-17/h5-6,17-19H,2-4,7-16H2,1H3. The molecule has 25 heavy (non-hydrogen) atoms. The summed E-state index contributed by atoms with van der Waals surface area (Å²) in [6, 6.07) is 0. The van der Waals surface area contributed by atoms with Crippen LogP contribution in [0.3, 0.4) is 0 Å². The van der Waals surface area contributed by atoms with Crippen LogP contribution in [0.4, 0.5) is 0 Å². The van der Waals surface area contributed by atoms with Gasteiger partial charge in [-0.2, -0.15) is 0 Å². The van der Waals surface area contributed by atoms with Gasteiger partial charge in [0.05, 0.1) is 25.0 Å². The molecular formula is C21H34O4. The lowest BCUT2D eigenvalue weighted by atomic mass is 9.79. The number of rotatable bonds is 9. The zero-order chi connectivity index (χ0) is 17.9. The molecule has 1 saturated carbocycles. The van der Waals surface area contributed by atoms with Gasteiger partial charge in [-0.05, 0) is 44.4 Å². The van der Waals surface area contributed by atoms with E-state index in [4.69, 9.17) is 9.47 Å². The molecule has 0 aromatic heterocycles. The van der Waals surface area contributed by atoms with Crippen LogP contribution in [0, 0.1) is 17.8 Å². The second-order valence-electron chi connectivity index (χ2n) is 7.51. The first kappa shape index (κ1) is 20.0. The van der Waals surface area contributed by atoms with E-state index in [-0.39, 0.29) is 23.8 Å². The Balaban J connectivity index is 1.76. The van der Waals surface area contributed by atoms with Crippen molar-refractivity contribution in [2.75, 3.05) is 13.2 Å². The molecule has 4 nitrogen and oxygen atoms in total. The third-order valence-corrected chi connectivity index (χ3v) is 5.45. The largest absolute Gasteiger partial charge is 0.465 e. The van der Waals surface area contributed by atoms with Gasteiger partial charge in [-0.3, -0.25) is 9.59 Å². The van der Waals surface area contributed by atoms with Crippen molar-refractivity contribution in [2.45, 2.75) is 77.6 Å². The summed E-state index contributed by atoms with van der Waals surface area (Å²) in [5.41, 5.74) is 0. The van der Waals surface area contributed by atoms with Crippen LogP contribution >= 0.6 is 0 Å². The summed E-state index contributed by atoms with van der Waals surface area (Å²) >= 11 is 0. The molecule has 0 aromatic carbocycles. The summed E-state index contributed by atoms with van der Waals surface area (Å²) in [5, 5.41) is 0. The Kier molecular flexibility index (Phi) is 9.06. The molecule has 0 saturated heterocycles. The van der Waals surface area contributed by atoms with E-state index in [2.05, 4.69) is 19.1 Å². The minimum absolute atomic E-state index is 0.192. The van der Waals surface area contributed by atoms with E-state index in [0.29, 0.717) is 19.1 Å². The zero-order valence-electron chi connectivity index (χ0n) is 15.7. The molecule has 2 aliphatic rings. The predicted molar refractivity (Wildman–Crippen MR) is 98.0 cm³/mol. The molecule has 0 N–H and O–H groups in total. The fourth-order valence-electron chi connectivity index (χ4n) is 3.82. The van der Waals surface area contributed by atoms with E-state index < -0.39 is 0 Å². The lowest BCUT2D eigenvalue weighted by Gasteiger charge is -2.29. The first-order valence-corrected chi connectivity index (χ1v) is 10.2. The molecule has 0 spiro atoms. The van der Waals surface area contributed by atoms with Gasteiger partial charge in [-0.1, -0.05) is 51.2 Å². The van der Waals surface area contributed by atoms with E-state index in [0.717, 1.165) is 57.8 Å². The predicted octanol–water partition coefficient (Wildman–Crippen LogP) is 4.82. The number of allylic oxidation sites excluding steroid dienone is 2. The number of hydrogen-bond donors (Lipinski definition) is 0.